The van der Waals surface area contributed by atoms with Crippen molar-refractivity contribution >= 4 is 11.5 Å². The summed E-state index contributed by atoms with van der Waals surface area (Å²) in [6.07, 6.45) is 1.26. The molecule has 29 heavy (non-hydrogen) atoms. The Labute approximate surface area is 165 Å². The summed E-state index contributed by atoms with van der Waals surface area (Å²) in [6.45, 7) is 0.234. The maximum absolute atomic E-state index is 11.4. The van der Waals surface area contributed by atoms with Crippen LogP contribution in [-0.2, 0) is 6.54 Å². The summed E-state index contributed by atoms with van der Waals surface area (Å²) < 4.78 is 0. The van der Waals surface area contributed by atoms with Gasteiger partial charge in [-0.15, -0.1) is 10.6 Å². The van der Waals surface area contributed by atoms with Crippen LogP contribution in [-0.4, -0.2) is 20.9 Å². The van der Waals surface area contributed by atoms with E-state index in [9.17, 15) is 9.90 Å². The summed E-state index contributed by atoms with van der Waals surface area (Å²) in [7, 11) is 0. The molecule has 1 aliphatic heterocycles. The first-order chi connectivity index (χ1) is 14.2. The van der Waals surface area contributed by atoms with Crippen molar-refractivity contribution in [2.75, 3.05) is 5.32 Å². The fraction of sp³-hybridized carbons (Fsp3) is 0.0500. The Morgan fingerprint density at radius 1 is 1.00 bits per heavy atom. The van der Waals surface area contributed by atoms with Crippen molar-refractivity contribution in [2.45, 2.75) is 6.54 Å². The Morgan fingerprint density at radius 3 is 2.34 bits per heavy atom. The molecule has 144 valence electrons. The first kappa shape index (κ1) is 18.1. The minimum atomic E-state index is -0.559. The van der Waals surface area contributed by atoms with E-state index in [-0.39, 0.29) is 18.0 Å². The van der Waals surface area contributed by atoms with Crippen molar-refractivity contribution in [3.05, 3.63) is 87.6 Å². The van der Waals surface area contributed by atoms with Gasteiger partial charge in [0.15, 0.2) is 5.84 Å². The van der Waals surface area contributed by atoms with Crippen molar-refractivity contribution in [1.29, 1.82) is 0 Å². The molecule has 1 aromatic heterocycles. The molecule has 0 saturated heterocycles. The van der Waals surface area contributed by atoms with Gasteiger partial charge >= 0.3 is 0 Å². The maximum atomic E-state index is 11.4. The zero-order chi connectivity index (χ0) is 20.1. The molecule has 0 fully saturated rings. The Morgan fingerprint density at radius 2 is 1.69 bits per heavy atom. The molecule has 4 rings (SSSR count). The zero-order valence-corrected chi connectivity index (χ0v) is 15.2. The van der Waals surface area contributed by atoms with Crippen LogP contribution in [0.15, 0.2) is 64.8 Å². The standard InChI is InChI=1S/C20H17N7O2/c28-18-17(22-12-23-20(18)29)11-21-16-9-5-14(6-10-16)2-1-13-3-7-15(8-4-13)19-24-26-27-25-19/h3-10,12,21,26-28H,11H2,(H,24,25)(H,22,23,29). The number of H-pyrrole nitrogens is 1. The quantitative estimate of drug-likeness (QED) is 0.365. The maximum Gasteiger partial charge on any atom is 0.293 e. The second-order valence-corrected chi connectivity index (χ2v) is 6.11. The second kappa shape index (κ2) is 8.16. The summed E-state index contributed by atoms with van der Waals surface area (Å²) >= 11 is 0. The monoisotopic (exact) mass is 387 g/mol. The van der Waals surface area contributed by atoms with Crippen molar-refractivity contribution in [1.82, 2.24) is 26.5 Å². The molecule has 0 bridgehead atoms. The normalized spacial score (nSPS) is 12.2. The second-order valence-electron chi connectivity index (χ2n) is 6.11. The zero-order valence-electron chi connectivity index (χ0n) is 15.2. The third kappa shape index (κ3) is 4.35. The van der Waals surface area contributed by atoms with E-state index in [0.717, 1.165) is 28.2 Å². The van der Waals surface area contributed by atoms with Crippen LogP contribution in [0.2, 0.25) is 0 Å². The van der Waals surface area contributed by atoms with Crippen LogP contribution in [0.5, 0.6) is 5.75 Å². The van der Waals surface area contributed by atoms with E-state index < -0.39 is 5.56 Å². The Balaban J connectivity index is 1.38. The number of aromatic amines is 1. The van der Waals surface area contributed by atoms with E-state index >= 15 is 0 Å². The third-order valence-corrected chi connectivity index (χ3v) is 4.16. The molecule has 0 radical (unpaired) electrons. The minimum Gasteiger partial charge on any atom is -0.502 e. The SMILES string of the molecule is O=c1[nH]cnc(CNc2ccc(C#Cc3ccc(C4=NNNN4)cc3)cc2)c1O. The number of nitrogens with zero attached hydrogens (tertiary/aromatic N) is 2. The first-order valence-electron chi connectivity index (χ1n) is 8.75. The molecule has 3 aromatic rings. The number of hydrogen-bond acceptors (Lipinski definition) is 8. The molecule has 2 aromatic carbocycles. The summed E-state index contributed by atoms with van der Waals surface area (Å²) in [5, 5.41) is 16.9. The topological polar surface area (TPSA) is 126 Å². The van der Waals surface area contributed by atoms with Crippen molar-refractivity contribution in [3.8, 4) is 17.6 Å². The number of rotatable bonds is 4. The molecule has 0 atom stereocenters. The highest BCUT2D eigenvalue weighted by Gasteiger charge is 2.07. The Hall–Kier alpha value is -4.29. The van der Waals surface area contributed by atoms with Gasteiger partial charge in [-0.2, -0.15) is 0 Å². The van der Waals surface area contributed by atoms with Gasteiger partial charge in [-0.1, -0.05) is 11.8 Å². The van der Waals surface area contributed by atoms with Gasteiger partial charge in [-0.25, -0.2) is 10.5 Å². The van der Waals surface area contributed by atoms with Gasteiger partial charge in [0.05, 0.1) is 12.9 Å². The molecular formula is C20H17N7O2. The number of aromatic nitrogens is 2. The summed E-state index contributed by atoms with van der Waals surface area (Å²) in [5.74, 6) is 6.59. The molecule has 0 aliphatic carbocycles. The molecule has 0 spiro atoms. The van der Waals surface area contributed by atoms with E-state index in [2.05, 4.69) is 48.7 Å². The lowest BCUT2D eigenvalue weighted by Gasteiger charge is -2.06. The highest BCUT2D eigenvalue weighted by molar-refractivity contribution is 5.98. The average molecular weight is 387 g/mol. The highest BCUT2D eigenvalue weighted by atomic mass is 16.3. The van der Waals surface area contributed by atoms with Crippen molar-refractivity contribution in [3.63, 3.8) is 0 Å². The van der Waals surface area contributed by atoms with Crippen molar-refractivity contribution in [2.24, 2.45) is 5.10 Å². The van der Waals surface area contributed by atoms with E-state index in [0.29, 0.717) is 0 Å². The molecule has 9 nitrogen and oxygen atoms in total. The predicted octanol–water partition coefficient (Wildman–Crippen LogP) is 0.761. The lowest BCUT2D eigenvalue weighted by atomic mass is 10.1. The number of nitrogens with one attached hydrogen (secondary N) is 5. The van der Waals surface area contributed by atoms with E-state index in [1.54, 1.807) is 0 Å². The number of aromatic hydroxyl groups is 1. The number of hydrazine groups is 2. The number of amidine groups is 1. The highest BCUT2D eigenvalue weighted by Crippen LogP contribution is 2.13. The minimum absolute atomic E-state index is 0.234. The smallest absolute Gasteiger partial charge is 0.293 e. The molecule has 0 saturated carbocycles. The summed E-state index contributed by atoms with van der Waals surface area (Å²) in [6, 6.07) is 15.3. The van der Waals surface area contributed by atoms with Crippen LogP contribution >= 0.6 is 0 Å². The van der Waals surface area contributed by atoms with E-state index in [1.165, 1.54) is 6.33 Å². The molecule has 0 unspecified atom stereocenters. The van der Waals surface area contributed by atoms with Crippen LogP contribution in [0.25, 0.3) is 0 Å². The lowest BCUT2D eigenvalue weighted by molar-refractivity contribution is 0.455. The Bertz CT molecular complexity index is 1160. The third-order valence-electron chi connectivity index (χ3n) is 4.16. The largest absolute Gasteiger partial charge is 0.502 e. The van der Waals surface area contributed by atoms with Crippen LogP contribution in [0.3, 0.4) is 0 Å². The Kier molecular flexibility index (Phi) is 5.09. The van der Waals surface area contributed by atoms with Gasteiger partial charge in [0.25, 0.3) is 5.56 Å². The van der Waals surface area contributed by atoms with Gasteiger partial charge in [0.1, 0.15) is 5.69 Å². The summed E-state index contributed by atoms with van der Waals surface area (Å²) in [4.78, 5) is 17.6. The van der Waals surface area contributed by atoms with Gasteiger partial charge < -0.3 is 15.4 Å². The van der Waals surface area contributed by atoms with Gasteiger partial charge in [-0.05, 0) is 48.5 Å². The predicted molar refractivity (Wildman–Crippen MR) is 109 cm³/mol. The van der Waals surface area contributed by atoms with Gasteiger partial charge in [-0.3, -0.25) is 10.2 Å². The number of benzene rings is 2. The number of hydrogen-bond donors (Lipinski definition) is 6. The van der Waals surface area contributed by atoms with Crippen LogP contribution in [0, 0.1) is 11.8 Å². The molecular weight excluding hydrogens is 370 g/mol. The molecule has 0 amide bonds. The van der Waals surface area contributed by atoms with Gasteiger partial charge in [0, 0.05) is 22.4 Å². The first-order valence-corrected chi connectivity index (χ1v) is 8.75. The van der Waals surface area contributed by atoms with Crippen LogP contribution < -0.4 is 27.4 Å². The number of anilines is 1. The van der Waals surface area contributed by atoms with Crippen LogP contribution in [0.4, 0.5) is 5.69 Å². The van der Waals surface area contributed by atoms with E-state index in [1.807, 2.05) is 48.5 Å². The number of hydrazone groups is 1. The molecule has 1 aliphatic rings. The fourth-order valence-corrected chi connectivity index (χ4v) is 2.61. The molecule has 2 heterocycles. The van der Waals surface area contributed by atoms with E-state index in [4.69, 9.17) is 0 Å². The van der Waals surface area contributed by atoms with Crippen LogP contribution in [0.1, 0.15) is 22.4 Å². The average Bonchev–Trinajstić information content (AvgIpc) is 3.29. The van der Waals surface area contributed by atoms with Gasteiger partial charge in [0.2, 0.25) is 5.75 Å². The molecule has 6 N–H and O–H groups in total. The summed E-state index contributed by atoms with van der Waals surface area (Å²) in [5.41, 5.74) is 11.5. The van der Waals surface area contributed by atoms with Crippen molar-refractivity contribution < 1.29 is 5.11 Å². The fourth-order valence-electron chi connectivity index (χ4n) is 2.61. The molecule has 9 heteroatoms. The lowest BCUT2D eigenvalue weighted by Crippen LogP contribution is -2.35.